The fourth-order valence-electron chi connectivity index (χ4n) is 3.56. The molecule has 1 N–H and O–H groups in total. The van der Waals surface area contributed by atoms with Crippen molar-refractivity contribution in [2.45, 2.75) is 20.3 Å². The number of amides is 2. The number of benzene rings is 2. The van der Waals surface area contributed by atoms with E-state index in [1.807, 2.05) is 36.4 Å². The summed E-state index contributed by atoms with van der Waals surface area (Å²) in [5.74, 6) is 0.350. The molecule has 0 bridgehead atoms. The molecule has 154 valence electrons. The zero-order chi connectivity index (χ0) is 21.1. The van der Waals surface area contributed by atoms with Gasteiger partial charge in [-0.1, -0.05) is 47.9 Å². The van der Waals surface area contributed by atoms with Crippen LogP contribution in [0.3, 0.4) is 0 Å². The lowest BCUT2D eigenvalue weighted by molar-refractivity contribution is 0.197. The van der Waals surface area contributed by atoms with Crippen LogP contribution >= 0.6 is 0 Å². The predicted octanol–water partition coefficient (Wildman–Crippen LogP) is 5.14. The fraction of sp³-hybridized carbons (Fsp3) is 0.261. The minimum atomic E-state index is -0.262. The molecular formula is C23H23FN4O2. The number of carbonyl (C=O) groups excluding carboxylic acids is 1. The molecule has 0 spiro atoms. The van der Waals surface area contributed by atoms with Gasteiger partial charge in [-0.3, -0.25) is 5.32 Å². The average molecular weight is 406 g/mol. The van der Waals surface area contributed by atoms with E-state index in [9.17, 15) is 9.18 Å². The average Bonchev–Trinajstić information content (AvgIpc) is 3.21. The maximum absolute atomic E-state index is 13.5. The maximum atomic E-state index is 13.5. The molecule has 1 saturated heterocycles. The molecule has 4 rings (SSSR count). The van der Waals surface area contributed by atoms with Crippen LogP contribution in [-0.4, -0.2) is 34.2 Å². The highest BCUT2D eigenvalue weighted by Gasteiger charge is 2.25. The van der Waals surface area contributed by atoms with Crippen LogP contribution in [0, 0.1) is 18.7 Å². The number of urea groups is 1. The van der Waals surface area contributed by atoms with Crippen molar-refractivity contribution >= 4 is 18.1 Å². The Morgan fingerprint density at radius 1 is 1.23 bits per heavy atom. The molecule has 0 aliphatic carbocycles. The summed E-state index contributed by atoms with van der Waals surface area (Å²) in [6.07, 6.45) is 2.85. The standard InChI is InChI=1S/C23H23FN4O2/c1-15-12-17(8-9-20(15)24)13-19-10-11-28(14-16(19)2)23(29)25-22-27-26-21(30-22)18-6-4-3-5-7-18/h3-9,12-13,16H,10-11,14H2,1-2H3,(H,25,27,29). The molecule has 7 heteroatoms. The van der Waals surface area contributed by atoms with E-state index in [0.29, 0.717) is 24.5 Å². The van der Waals surface area contributed by atoms with E-state index < -0.39 is 0 Å². The first-order chi connectivity index (χ1) is 14.5. The number of aromatic nitrogens is 2. The zero-order valence-corrected chi connectivity index (χ0v) is 16.9. The lowest BCUT2D eigenvalue weighted by atomic mass is 9.91. The van der Waals surface area contributed by atoms with Crippen molar-refractivity contribution < 1.29 is 13.6 Å². The van der Waals surface area contributed by atoms with Gasteiger partial charge in [0.1, 0.15) is 5.82 Å². The first-order valence-corrected chi connectivity index (χ1v) is 9.91. The molecule has 1 aliphatic heterocycles. The van der Waals surface area contributed by atoms with Crippen molar-refractivity contribution in [3.8, 4) is 11.5 Å². The van der Waals surface area contributed by atoms with Crippen LogP contribution in [0.4, 0.5) is 15.2 Å². The molecule has 2 heterocycles. The van der Waals surface area contributed by atoms with Crippen LogP contribution in [0.5, 0.6) is 0 Å². The smallest absolute Gasteiger partial charge is 0.325 e. The van der Waals surface area contributed by atoms with Crippen molar-refractivity contribution in [3.05, 3.63) is 71.0 Å². The number of piperidine rings is 1. The number of nitrogens with one attached hydrogen (secondary N) is 1. The third-order valence-electron chi connectivity index (χ3n) is 5.28. The van der Waals surface area contributed by atoms with E-state index in [1.54, 1.807) is 17.9 Å². The summed E-state index contributed by atoms with van der Waals surface area (Å²) in [4.78, 5) is 14.4. The number of aryl methyl sites for hydroxylation is 1. The first kappa shape index (κ1) is 19.8. The Hall–Kier alpha value is -3.48. The first-order valence-electron chi connectivity index (χ1n) is 9.91. The number of nitrogens with zero attached hydrogens (tertiary/aromatic N) is 3. The lowest BCUT2D eigenvalue weighted by Gasteiger charge is -2.32. The van der Waals surface area contributed by atoms with Gasteiger partial charge in [0.05, 0.1) is 0 Å². The number of carbonyl (C=O) groups is 1. The quantitative estimate of drug-likeness (QED) is 0.654. The number of hydrogen-bond acceptors (Lipinski definition) is 4. The lowest BCUT2D eigenvalue weighted by Crippen LogP contribution is -2.42. The van der Waals surface area contributed by atoms with E-state index in [0.717, 1.165) is 17.5 Å². The molecule has 1 atom stereocenters. The van der Waals surface area contributed by atoms with Crippen molar-refractivity contribution in [2.75, 3.05) is 18.4 Å². The van der Waals surface area contributed by atoms with Gasteiger partial charge in [-0.05, 0) is 54.7 Å². The Bertz CT molecular complexity index is 1080. The zero-order valence-electron chi connectivity index (χ0n) is 16.9. The van der Waals surface area contributed by atoms with Crippen LogP contribution in [0.1, 0.15) is 24.5 Å². The summed E-state index contributed by atoms with van der Waals surface area (Å²) in [7, 11) is 0. The van der Waals surface area contributed by atoms with Crippen molar-refractivity contribution in [2.24, 2.45) is 5.92 Å². The van der Waals surface area contributed by atoms with Crippen LogP contribution in [-0.2, 0) is 0 Å². The van der Waals surface area contributed by atoms with E-state index in [1.165, 1.54) is 11.6 Å². The van der Waals surface area contributed by atoms with E-state index in [2.05, 4.69) is 28.5 Å². The fourth-order valence-corrected chi connectivity index (χ4v) is 3.56. The monoisotopic (exact) mass is 406 g/mol. The van der Waals surface area contributed by atoms with Gasteiger partial charge in [0.15, 0.2) is 0 Å². The molecule has 1 aliphatic rings. The summed E-state index contributed by atoms with van der Waals surface area (Å²) < 4.78 is 19.0. The summed E-state index contributed by atoms with van der Waals surface area (Å²) >= 11 is 0. The Balaban J connectivity index is 1.38. The molecule has 2 aromatic carbocycles. The topological polar surface area (TPSA) is 71.3 Å². The second-order valence-corrected chi connectivity index (χ2v) is 7.53. The SMILES string of the molecule is Cc1cc(C=C2CCN(C(=O)Nc3nnc(-c4ccccc4)o3)CC2C)ccc1F. The van der Waals surface area contributed by atoms with Gasteiger partial charge < -0.3 is 9.32 Å². The molecule has 1 unspecified atom stereocenters. The molecule has 2 amide bonds. The summed E-state index contributed by atoms with van der Waals surface area (Å²) in [5.41, 5.74) is 3.65. The number of rotatable bonds is 3. The Morgan fingerprint density at radius 2 is 2.03 bits per heavy atom. The third-order valence-corrected chi connectivity index (χ3v) is 5.28. The van der Waals surface area contributed by atoms with Gasteiger partial charge in [-0.15, -0.1) is 5.10 Å². The van der Waals surface area contributed by atoms with Gasteiger partial charge in [0.25, 0.3) is 0 Å². The number of hydrogen-bond donors (Lipinski definition) is 1. The highest BCUT2D eigenvalue weighted by atomic mass is 19.1. The van der Waals surface area contributed by atoms with E-state index in [-0.39, 0.29) is 23.8 Å². The minimum absolute atomic E-state index is 0.0784. The Morgan fingerprint density at radius 3 is 2.77 bits per heavy atom. The normalized spacial score (nSPS) is 17.9. The van der Waals surface area contributed by atoms with Crippen LogP contribution in [0.25, 0.3) is 17.5 Å². The van der Waals surface area contributed by atoms with E-state index in [4.69, 9.17) is 4.42 Å². The Kier molecular flexibility index (Phi) is 5.61. The highest BCUT2D eigenvalue weighted by Crippen LogP contribution is 2.26. The minimum Gasteiger partial charge on any atom is -0.403 e. The number of halogens is 1. The van der Waals surface area contributed by atoms with Crippen LogP contribution in [0.15, 0.2) is 58.5 Å². The van der Waals surface area contributed by atoms with Crippen molar-refractivity contribution in [1.29, 1.82) is 0 Å². The van der Waals surface area contributed by atoms with E-state index >= 15 is 0 Å². The van der Waals surface area contributed by atoms with Crippen LogP contribution in [0.2, 0.25) is 0 Å². The molecule has 6 nitrogen and oxygen atoms in total. The number of anilines is 1. The Labute approximate surface area is 174 Å². The summed E-state index contributed by atoms with van der Waals surface area (Å²) in [5, 5.41) is 10.6. The van der Waals surface area contributed by atoms with Gasteiger partial charge in [0, 0.05) is 18.7 Å². The highest BCUT2D eigenvalue weighted by molar-refractivity contribution is 5.87. The molecular weight excluding hydrogens is 383 g/mol. The molecule has 30 heavy (non-hydrogen) atoms. The molecule has 0 radical (unpaired) electrons. The van der Waals surface area contributed by atoms with Gasteiger partial charge in [-0.25, -0.2) is 9.18 Å². The van der Waals surface area contributed by atoms with Gasteiger partial charge in [-0.2, -0.15) is 0 Å². The second kappa shape index (κ2) is 8.49. The predicted molar refractivity (Wildman–Crippen MR) is 113 cm³/mol. The third kappa shape index (κ3) is 4.40. The van der Waals surface area contributed by atoms with Gasteiger partial charge >= 0.3 is 12.0 Å². The molecule has 0 saturated carbocycles. The summed E-state index contributed by atoms with van der Waals surface area (Å²) in [6.45, 7) is 5.01. The molecule has 1 fully saturated rings. The number of likely N-dealkylation sites (tertiary alicyclic amines) is 1. The van der Waals surface area contributed by atoms with Crippen molar-refractivity contribution in [1.82, 2.24) is 15.1 Å². The molecule has 3 aromatic rings. The van der Waals surface area contributed by atoms with Crippen LogP contribution < -0.4 is 5.32 Å². The van der Waals surface area contributed by atoms with Crippen molar-refractivity contribution in [3.63, 3.8) is 0 Å². The second-order valence-electron chi connectivity index (χ2n) is 7.53. The maximum Gasteiger partial charge on any atom is 0.325 e. The largest absolute Gasteiger partial charge is 0.403 e. The summed E-state index contributed by atoms with van der Waals surface area (Å²) in [6, 6.07) is 14.3. The molecule has 1 aromatic heterocycles. The van der Waals surface area contributed by atoms with Gasteiger partial charge in [0.2, 0.25) is 5.89 Å².